The van der Waals surface area contributed by atoms with Gasteiger partial charge in [-0.1, -0.05) is 6.07 Å². The summed E-state index contributed by atoms with van der Waals surface area (Å²) in [6, 6.07) is 15.2. The SMILES string of the molecule is Cc1ccc([C@@H]2[C@H](c3ccccn3)NC(=S)N2c2ccc(NS(C)(=O)=O)c(C)c2)[nH]1. The molecule has 0 unspecified atom stereocenters. The number of benzene rings is 1. The minimum Gasteiger partial charge on any atom is -0.361 e. The second kappa shape index (κ2) is 7.73. The van der Waals surface area contributed by atoms with Gasteiger partial charge in [-0.05, 0) is 74.1 Å². The van der Waals surface area contributed by atoms with Gasteiger partial charge in [-0.15, -0.1) is 0 Å². The molecular formula is C21H23N5O2S2. The number of nitrogens with one attached hydrogen (secondary N) is 3. The van der Waals surface area contributed by atoms with Crippen LogP contribution in [0.2, 0.25) is 0 Å². The van der Waals surface area contributed by atoms with E-state index >= 15 is 0 Å². The van der Waals surface area contributed by atoms with E-state index in [-0.39, 0.29) is 12.1 Å². The van der Waals surface area contributed by atoms with Crippen molar-refractivity contribution in [3.05, 3.63) is 77.4 Å². The average Bonchev–Trinajstić information content (AvgIpc) is 3.26. The maximum Gasteiger partial charge on any atom is 0.229 e. The van der Waals surface area contributed by atoms with Gasteiger partial charge in [0, 0.05) is 23.3 Å². The van der Waals surface area contributed by atoms with E-state index in [0.29, 0.717) is 10.8 Å². The number of hydrogen-bond acceptors (Lipinski definition) is 4. The Hall–Kier alpha value is -2.91. The summed E-state index contributed by atoms with van der Waals surface area (Å²) >= 11 is 5.71. The summed E-state index contributed by atoms with van der Waals surface area (Å²) < 4.78 is 25.8. The summed E-state index contributed by atoms with van der Waals surface area (Å²) in [4.78, 5) is 10.0. The van der Waals surface area contributed by atoms with Gasteiger partial charge in [0.2, 0.25) is 10.0 Å². The summed E-state index contributed by atoms with van der Waals surface area (Å²) in [6.07, 6.45) is 2.91. The number of anilines is 2. The van der Waals surface area contributed by atoms with Crippen molar-refractivity contribution in [3.8, 4) is 0 Å². The summed E-state index contributed by atoms with van der Waals surface area (Å²) in [5.41, 5.74) is 5.21. The fourth-order valence-corrected chi connectivity index (χ4v) is 4.73. The number of sulfonamides is 1. The molecule has 2 aromatic heterocycles. The number of nitrogens with zero attached hydrogens (tertiary/aromatic N) is 2. The largest absolute Gasteiger partial charge is 0.361 e. The zero-order valence-corrected chi connectivity index (χ0v) is 18.5. The Morgan fingerprint density at radius 2 is 1.93 bits per heavy atom. The lowest BCUT2D eigenvalue weighted by molar-refractivity contribution is 0.558. The molecule has 156 valence electrons. The number of aryl methyl sites for hydroxylation is 2. The monoisotopic (exact) mass is 441 g/mol. The highest BCUT2D eigenvalue weighted by Gasteiger charge is 2.41. The van der Waals surface area contributed by atoms with E-state index in [2.05, 4.69) is 31.0 Å². The molecule has 3 heterocycles. The van der Waals surface area contributed by atoms with Crippen LogP contribution in [-0.4, -0.2) is 29.8 Å². The molecule has 3 N–H and O–H groups in total. The van der Waals surface area contributed by atoms with Crippen LogP contribution in [0.4, 0.5) is 11.4 Å². The van der Waals surface area contributed by atoms with Crippen LogP contribution in [-0.2, 0) is 10.0 Å². The van der Waals surface area contributed by atoms with Crippen LogP contribution in [0.3, 0.4) is 0 Å². The molecule has 0 aliphatic carbocycles. The quantitative estimate of drug-likeness (QED) is 0.525. The van der Waals surface area contributed by atoms with Gasteiger partial charge in [-0.3, -0.25) is 9.71 Å². The van der Waals surface area contributed by atoms with Crippen LogP contribution in [0.25, 0.3) is 0 Å². The lowest BCUT2D eigenvalue weighted by Gasteiger charge is -2.27. The highest BCUT2D eigenvalue weighted by atomic mass is 32.2. The van der Waals surface area contributed by atoms with Crippen LogP contribution in [0.5, 0.6) is 0 Å². The van der Waals surface area contributed by atoms with E-state index in [9.17, 15) is 8.42 Å². The molecule has 9 heteroatoms. The van der Waals surface area contributed by atoms with Crippen molar-refractivity contribution in [3.63, 3.8) is 0 Å². The molecule has 3 aromatic rings. The van der Waals surface area contributed by atoms with Crippen molar-refractivity contribution >= 4 is 38.7 Å². The van der Waals surface area contributed by atoms with Crippen LogP contribution in [0.1, 0.15) is 34.7 Å². The molecule has 2 atom stereocenters. The topological polar surface area (TPSA) is 90.1 Å². The summed E-state index contributed by atoms with van der Waals surface area (Å²) in [5.74, 6) is 0. The molecule has 0 amide bonds. The minimum atomic E-state index is -3.35. The Balaban J connectivity index is 1.77. The molecular weight excluding hydrogens is 418 g/mol. The van der Waals surface area contributed by atoms with Gasteiger partial charge >= 0.3 is 0 Å². The molecule has 1 saturated heterocycles. The third-order valence-corrected chi connectivity index (χ3v) is 5.96. The van der Waals surface area contributed by atoms with E-state index < -0.39 is 10.0 Å². The zero-order valence-electron chi connectivity index (χ0n) is 16.9. The van der Waals surface area contributed by atoms with Gasteiger partial charge in [0.1, 0.15) is 6.04 Å². The van der Waals surface area contributed by atoms with Gasteiger partial charge < -0.3 is 15.2 Å². The number of H-pyrrole nitrogens is 1. The fourth-order valence-electron chi connectivity index (χ4n) is 3.76. The molecule has 1 aliphatic heterocycles. The van der Waals surface area contributed by atoms with Crippen LogP contribution in [0, 0.1) is 13.8 Å². The van der Waals surface area contributed by atoms with Crippen molar-refractivity contribution in [2.45, 2.75) is 25.9 Å². The molecule has 30 heavy (non-hydrogen) atoms. The summed E-state index contributed by atoms with van der Waals surface area (Å²) in [7, 11) is -3.35. The third-order valence-electron chi connectivity index (χ3n) is 5.05. The smallest absolute Gasteiger partial charge is 0.229 e. The fraction of sp³-hybridized carbons (Fsp3) is 0.238. The van der Waals surface area contributed by atoms with Crippen LogP contribution >= 0.6 is 12.2 Å². The molecule has 1 aliphatic rings. The molecule has 1 aromatic carbocycles. The van der Waals surface area contributed by atoms with E-state index in [1.165, 1.54) is 0 Å². The second-order valence-corrected chi connectivity index (χ2v) is 9.60. The molecule has 1 fully saturated rings. The van der Waals surface area contributed by atoms with Crippen molar-refractivity contribution in [1.29, 1.82) is 0 Å². The Kier molecular flexibility index (Phi) is 5.25. The first-order chi connectivity index (χ1) is 14.2. The van der Waals surface area contributed by atoms with E-state index in [4.69, 9.17) is 12.2 Å². The predicted octanol–water partition coefficient (Wildman–Crippen LogP) is 3.58. The summed E-state index contributed by atoms with van der Waals surface area (Å²) in [6.45, 7) is 3.88. The number of rotatable bonds is 5. The normalized spacial score (nSPS) is 19.0. The van der Waals surface area contributed by atoms with Crippen LogP contribution in [0.15, 0.2) is 54.7 Å². The van der Waals surface area contributed by atoms with E-state index in [0.717, 1.165) is 34.6 Å². The number of aromatic amines is 1. The maximum atomic E-state index is 11.6. The lowest BCUT2D eigenvalue weighted by Crippen LogP contribution is -2.29. The molecule has 0 saturated carbocycles. The maximum absolute atomic E-state index is 11.6. The number of thiocarbonyl (C=S) groups is 1. The van der Waals surface area contributed by atoms with Crippen molar-refractivity contribution < 1.29 is 8.42 Å². The first-order valence-electron chi connectivity index (χ1n) is 9.47. The first kappa shape index (κ1) is 20.4. The Bertz CT molecular complexity index is 1190. The summed E-state index contributed by atoms with van der Waals surface area (Å²) in [5, 5.41) is 4.00. The molecule has 7 nitrogen and oxygen atoms in total. The van der Waals surface area contributed by atoms with Crippen molar-refractivity contribution in [2.24, 2.45) is 0 Å². The van der Waals surface area contributed by atoms with Gasteiger partial charge in [-0.25, -0.2) is 8.42 Å². The van der Waals surface area contributed by atoms with Crippen LogP contribution < -0.4 is 14.9 Å². The molecule has 4 rings (SSSR count). The number of aromatic nitrogens is 2. The Morgan fingerprint density at radius 1 is 1.13 bits per heavy atom. The van der Waals surface area contributed by atoms with E-state index in [1.54, 1.807) is 12.3 Å². The Labute approximate surface area is 181 Å². The highest BCUT2D eigenvalue weighted by Crippen LogP contribution is 2.41. The number of pyridine rings is 1. The average molecular weight is 442 g/mol. The number of hydrogen-bond donors (Lipinski definition) is 3. The lowest BCUT2D eigenvalue weighted by atomic mass is 10.0. The molecule has 0 radical (unpaired) electrons. The zero-order chi connectivity index (χ0) is 21.5. The van der Waals surface area contributed by atoms with Crippen molar-refractivity contribution in [2.75, 3.05) is 15.9 Å². The first-order valence-corrected chi connectivity index (χ1v) is 11.8. The second-order valence-electron chi connectivity index (χ2n) is 7.47. The predicted molar refractivity (Wildman–Crippen MR) is 123 cm³/mol. The minimum absolute atomic E-state index is 0.130. The third kappa shape index (κ3) is 4.03. The van der Waals surface area contributed by atoms with Gasteiger partial charge in [0.05, 0.1) is 23.7 Å². The van der Waals surface area contributed by atoms with Crippen molar-refractivity contribution in [1.82, 2.24) is 15.3 Å². The van der Waals surface area contributed by atoms with Gasteiger partial charge in [0.15, 0.2) is 5.11 Å². The standard InChI is InChI=1S/C21H23N5O2S2/c1-13-12-15(8-10-16(13)25-30(3,27)28)26-20(18-9-7-14(2)23-18)19(24-21(26)29)17-6-4-5-11-22-17/h4-12,19-20,23,25H,1-3H3,(H,24,29)/t19-,20+/m0/s1. The van der Waals surface area contributed by atoms with E-state index in [1.807, 2.05) is 50.2 Å². The van der Waals surface area contributed by atoms with Gasteiger partial charge in [0.25, 0.3) is 0 Å². The molecule has 0 bridgehead atoms. The van der Waals surface area contributed by atoms with Gasteiger partial charge in [-0.2, -0.15) is 0 Å². The molecule has 0 spiro atoms. The highest BCUT2D eigenvalue weighted by molar-refractivity contribution is 7.92. The Morgan fingerprint density at radius 3 is 2.53 bits per heavy atom.